The number of benzene rings is 1. The van der Waals surface area contributed by atoms with Crippen molar-refractivity contribution in [2.45, 2.75) is 64.8 Å². The van der Waals surface area contributed by atoms with Gasteiger partial charge in [-0.1, -0.05) is 30.3 Å². The summed E-state index contributed by atoms with van der Waals surface area (Å²) in [6, 6.07) is 9.52. The van der Waals surface area contributed by atoms with Gasteiger partial charge in [-0.25, -0.2) is 9.78 Å². The SMILES string of the molecule is CCOC(=O)c1c(NC(=O)Cn2c(-c3ccccc3)nc3sc4c(c3c2=O)CCCC4)sc2c1CCCC2. The molecule has 0 saturated carbocycles. The Morgan fingerprint density at radius 1 is 0.974 bits per heavy atom. The van der Waals surface area contributed by atoms with Gasteiger partial charge in [0.2, 0.25) is 5.91 Å². The third-order valence-corrected chi connectivity index (χ3v) is 9.71. The summed E-state index contributed by atoms with van der Waals surface area (Å²) < 4.78 is 6.83. The van der Waals surface area contributed by atoms with E-state index in [9.17, 15) is 14.4 Å². The smallest absolute Gasteiger partial charge is 0.341 e. The highest BCUT2D eigenvalue weighted by molar-refractivity contribution is 7.18. The number of aromatic nitrogens is 2. The minimum atomic E-state index is -0.405. The predicted molar refractivity (Wildman–Crippen MR) is 152 cm³/mol. The lowest BCUT2D eigenvalue weighted by molar-refractivity contribution is -0.116. The van der Waals surface area contributed by atoms with Crippen LogP contribution in [0.15, 0.2) is 35.1 Å². The molecule has 6 rings (SSSR count). The number of thiophene rings is 2. The van der Waals surface area contributed by atoms with Crippen LogP contribution in [0.25, 0.3) is 21.6 Å². The number of ether oxygens (including phenoxy) is 1. The third-order valence-electron chi connectivity index (χ3n) is 7.31. The van der Waals surface area contributed by atoms with Crippen molar-refractivity contribution in [2.75, 3.05) is 11.9 Å². The zero-order chi connectivity index (χ0) is 26.2. The van der Waals surface area contributed by atoms with E-state index in [0.717, 1.165) is 77.8 Å². The molecule has 0 bridgehead atoms. The van der Waals surface area contributed by atoms with Gasteiger partial charge < -0.3 is 10.1 Å². The number of esters is 1. The molecule has 7 nitrogen and oxygen atoms in total. The molecule has 0 unspecified atom stereocenters. The highest BCUT2D eigenvalue weighted by atomic mass is 32.1. The minimum Gasteiger partial charge on any atom is -0.462 e. The van der Waals surface area contributed by atoms with Crippen molar-refractivity contribution in [3.8, 4) is 11.4 Å². The second-order valence-corrected chi connectivity index (χ2v) is 12.0. The zero-order valence-electron chi connectivity index (χ0n) is 21.3. The van der Waals surface area contributed by atoms with Gasteiger partial charge in [0.15, 0.2) is 0 Å². The van der Waals surface area contributed by atoms with E-state index >= 15 is 0 Å². The van der Waals surface area contributed by atoms with Gasteiger partial charge in [0.05, 0.1) is 17.6 Å². The number of rotatable bonds is 6. The van der Waals surface area contributed by atoms with Crippen LogP contribution < -0.4 is 10.9 Å². The second-order valence-electron chi connectivity index (χ2n) is 9.77. The summed E-state index contributed by atoms with van der Waals surface area (Å²) in [5.74, 6) is -0.288. The molecule has 3 heterocycles. The van der Waals surface area contributed by atoms with Crippen molar-refractivity contribution in [3.63, 3.8) is 0 Å². The van der Waals surface area contributed by atoms with Gasteiger partial charge in [0, 0.05) is 15.3 Å². The summed E-state index contributed by atoms with van der Waals surface area (Å²) >= 11 is 3.05. The molecule has 4 aromatic rings. The van der Waals surface area contributed by atoms with Gasteiger partial charge in [0.1, 0.15) is 22.2 Å². The van der Waals surface area contributed by atoms with Gasteiger partial charge in [-0.3, -0.25) is 14.2 Å². The van der Waals surface area contributed by atoms with Crippen LogP contribution in [0.4, 0.5) is 5.00 Å². The number of hydrogen-bond donors (Lipinski definition) is 1. The monoisotopic (exact) mass is 547 g/mol. The van der Waals surface area contributed by atoms with Gasteiger partial charge >= 0.3 is 5.97 Å². The molecule has 0 atom stereocenters. The Morgan fingerprint density at radius 3 is 2.39 bits per heavy atom. The molecule has 0 radical (unpaired) electrons. The lowest BCUT2D eigenvalue weighted by Gasteiger charge is -2.14. The van der Waals surface area contributed by atoms with Crippen LogP contribution in [0.5, 0.6) is 0 Å². The number of carbonyl (C=O) groups is 2. The predicted octanol–water partition coefficient (Wildman–Crippen LogP) is 5.76. The molecule has 1 amide bonds. The highest BCUT2D eigenvalue weighted by Gasteiger charge is 2.28. The van der Waals surface area contributed by atoms with Crippen molar-refractivity contribution in [1.29, 1.82) is 0 Å². The fourth-order valence-corrected chi connectivity index (χ4v) is 8.12. The van der Waals surface area contributed by atoms with Crippen molar-refractivity contribution < 1.29 is 14.3 Å². The van der Waals surface area contributed by atoms with E-state index in [4.69, 9.17) is 9.72 Å². The van der Waals surface area contributed by atoms with E-state index in [1.54, 1.807) is 18.3 Å². The molecule has 1 aromatic carbocycles. The van der Waals surface area contributed by atoms with Crippen LogP contribution in [0.2, 0.25) is 0 Å². The van der Waals surface area contributed by atoms with Gasteiger partial charge in [-0.2, -0.15) is 0 Å². The van der Waals surface area contributed by atoms with E-state index < -0.39 is 5.97 Å². The largest absolute Gasteiger partial charge is 0.462 e. The molecule has 0 fully saturated rings. The summed E-state index contributed by atoms with van der Waals surface area (Å²) in [4.78, 5) is 48.3. The molecular weight excluding hydrogens is 518 g/mol. The average molecular weight is 548 g/mol. The molecule has 0 aliphatic heterocycles. The maximum Gasteiger partial charge on any atom is 0.341 e. The number of nitrogens with one attached hydrogen (secondary N) is 1. The number of amides is 1. The number of fused-ring (bicyclic) bond motifs is 4. The summed E-state index contributed by atoms with van der Waals surface area (Å²) in [5.41, 5.74) is 3.16. The quantitative estimate of drug-likeness (QED) is 0.310. The lowest BCUT2D eigenvalue weighted by atomic mass is 9.95. The maximum atomic E-state index is 13.9. The molecular formula is C29H29N3O4S2. The van der Waals surface area contributed by atoms with E-state index in [1.807, 2.05) is 30.3 Å². The first-order valence-electron chi connectivity index (χ1n) is 13.3. The summed E-state index contributed by atoms with van der Waals surface area (Å²) in [5, 5.41) is 4.12. The molecule has 38 heavy (non-hydrogen) atoms. The standard InChI is InChI=1S/C29H29N3O4S2/c1-2-36-29(35)24-19-13-7-9-15-21(19)38-27(24)30-22(33)16-32-25(17-10-4-3-5-11-17)31-26-23(28(32)34)18-12-6-8-14-20(18)37-26/h3-5,10-11H,2,6-9,12-16H2,1H3,(H,30,33). The number of carbonyl (C=O) groups excluding carboxylic acids is 2. The Labute approximate surface area is 228 Å². The topological polar surface area (TPSA) is 90.3 Å². The third kappa shape index (κ3) is 4.47. The fourth-order valence-electron chi connectivity index (χ4n) is 5.58. The Hall–Kier alpha value is -3.30. The van der Waals surface area contributed by atoms with E-state index in [0.29, 0.717) is 21.8 Å². The molecule has 2 aliphatic carbocycles. The van der Waals surface area contributed by atoms with Crippen molar-refractivity contribution in [2.24, 2.45) is 0 Å². The Morgan fingerprint density at radius 2 is 1.66 bits per heavy atom. The Kier molecular flexibility index (Phi) is 6.88. The number of hydrogen-bond acceptors (Lipinski definition) is 7. The highest BCUT2D eigenvalue weighted by Crippen LogP contribution is 2.39. The van der Waals surface area contributed by atoms with Crippen LogP contribution in [-0.2, 0) is 41.8 Å². The van der Waals surface area contributed by atoms with E-state index in [2.05, 4.69) is 5.32 Å². The normalized spacial score (nSPS) is 14.7. The Balaban J connectivity index is 1.40. The Bertz CT molecular complexity index is 1600. The second kappa shape index (κ2) is 10.5. The van der Waals surface area contributed by atoms with Crippen LogP contribution in [0.3, 0.4) is 0 Å². The zero-order valence-corrected chi connectivity index (χ0v) is 22.9. The molecule has 3 aromatic heterocycles. The van der Waals surface area contributed by atoms with E-state index in [-0.39, 0.29) is 24.6 Å². The molecule has 196 valence electrons. The van der Waals surface area contributed by atoms with Crippen molar-refractivity contribution in [1.82, 2.24) is 9.55 Å². The molecule has 0 spiro atoms. The number of anilines is 1. The summed E-state index contributed by atoms with van der Waals surface area (Å²) in [7, 11) is 0. The summed E-state index contributed by atoms with van der Waals surface area (Å²) in [6.07, 6.45) is 7.78. The average Bonchev–Trinajstić information content (AvgIpc) is 3.48. The van der Waals surface area contributed by atoms with Gasteiger partial charge in [-0.15, -0.1) is 22.7 Å². The minimum absolute atomic E-state index is 0.181. The molecule has 1 N–H and O–H groups in total. The first kappa shape index (κ1) is 25.0. The van der Waals surface area contributed by atoms with Crippen LogP contribution in [-0.4, -0.2) is 28.0 Å². The summed E-state index contributed by atoms with van der Waals surface area (Å²) in [6.45, 7) is 1.85. The number of aryl methyl sites for hydroxylation is 3. The van der Waals surface area contributed by atoms with Crippen molar-refractivity contribution >= 4 is 49.8 Å². The molecule has 9 heteroatoms. The molecule has 2 aliphatic rings. The van der Waals surface area contributed by atoms with Gasteiger partial charge in [-0.05, 0) is 69.4 Å². The van der Waals surface area contributed by atoms with E-state index in [1.165, 1.54) is 20.8 Å². The van der Waals surface area contributed by atoms with Crippen molar-refractivity contribution in [3.05, 3.63) is 67.1 Å². The maximum absolute atomic E-state index is 13.9. The number of nitrogens with zero attached hydrogens (tertiary/aromatic N) is 2. The first-order valence-corrected chi connectivity index (χ1v) is 14.9. The van der Waals surface area contributed by atoms with Crippen LogP contribution in [0.1, 0.15) is 63.8 Å². The molecule has 0 saturated heterocycles. The van der Waals surface area contributed by atoms with Crippen LogP contribution in [0, 0.1) is 0 Å². The van der Waals surface area contributed by atoms with Gasteiger partial charge in [0.25, 0.3) is 5.56 Å². The fraction of sp³-hybridized carbons (Fsp3) is 0.379. The van der Waals surface area contributed by atoms with Crippen LogP contribution >= 0.6 is 22.7 Å². The lowest BCUT2D eigenvalue weighted by Crippen LogP contribution is -2.30. The first-order chi connectivity index (χ1) is 18.5.